The second-order valence-corrected chi connectivity index (χ2v) is 7.51. The minimum Gasteiger partial charge on any atom is -0.374 e. The van der Waals surface area contributed by atoms with Crippen molar-refractivity contribution in [2.24, 2.45) is 10.9 Å². The van der Waals surface area contributed by atoms with E-state index in [1.165, 1.54) is 0 Å². The van der Waals surface area contributed by atoms with Crippen molar-refractivity contribution in [2.45, 2.75) is 26.4 Å². The minimum absolute atomic E-state index is 0. The van der Waals surface area contributed by atoms with Crippen LogP contribution in [0.15, 0.2) is 33.9 Å². The van der Waals surface area contributed by atoms with Gasteiger partial charge < -0.3 is 19.9 Å². The average molecular weight is 529 g/mol. The SMILES string of the molecule is CN=C(NCCc1noc(-c2ccccn2)n1)NCC1CN(CC(C)C)CCO1.I. The van der Waals surface area contributed by atoms with E-state index < -0.39 is 0 Å². The number of nitrogens with zero attached hydrogens (tertiary/aromatic N) is 5. The van der Waals surface area contributed by atoms with Gasteiger partial charge in [0, 0.05) is 52.4 Å². The Bertz CT molecular complexity index is 770. The maximum absolute atomic E-state index is 5.88. The normalized spacial score (nSPS) is 17.6. The van der Waals surface area contributed by atoms with Gasteiger partial charge in [-0.25, -0.2) is 0 Å². The van der Waals surface area contributed by atoms with Crippen molar-refractivity contribution in [3.05, 3.63) is 30.2 Å². The Kier molecular flexibility index (Phi) is 10.4. The molecule has 0 radical (unpaired) electrons. The van der Waals surface area contributed by atoms with Crippen molar-refractivity contribution in [1.29, 1.82) is 0 Å². The Morgan fingerprint density at radius 2 is 2.20 bits per heavy atom. The van der Waals surface area contributed by atoms with Gasteiger partial charge >= 0.3 is 0 Å². The molecule has 3 rings (SSSR count). The third-order valence-electron chi connectivity index (χ3n) is 4.56. The topological polar surface area (TPSA) is 101 Å². The summed E-state index contributed by atoms with van der Waals surface area (Å²) in [7, 11) is 1.76. The van der Waals surface area contributed by atoms with E-state index in [4.69, 9.17) is 9.26 Å². The zero-order chi connectivity index (χ0) is 20.5. The third kappa shape index (κ3) is 7.80. The lowest BCUT2D eigenvalue weighted by Gasteiger charge is -2.34. The maximum Gasteiger partial charge on any atom is 0.276 e. The number of aliphatic imine (C=N–C) groups is 1. The van der Waals surface area contributed by atoms with Crippen molar-refractivity contribution in [3.8, 4) is 11.6 Å². The minimum atomic E-state index is 0. The highest BCUT2D eigenvalue weighted by Gasteiger charge is 2.21. The van der Waals surface area contributed by atoms with E-state index in [9.17, 15) is 0 Å². The molecule has 2 N–H and O–H groups in total. The van der Waals surface area contributed by atoms with Crippen molar-refractivity contribution < 1.29 is 9.26 Å². The van der Waals surface area contributed by atoms with Gasteiger partial charge in [-0.2, -0.15) is 4.98 Å². The first kappa shape index (κ1) is 24.5. The van der Waals surface area contributed by atoms with E-state index in [0.717, 1.165) is 38.7 Å². The first-order valence-electron chi connectivity index (χ1n) is 10.2. The highest BCUT2D eigenvalue weighted by molar-refractivity contribution is 14.0. The van der Waals surface area contributed by atoms with Crippen molar-refractivity contribution >= 4 is 29.9 Å². The summed E-state index contributed by atoms with van der Waals surface area (Å²) in [6.07, 6.45) is 2.49. The molecule has 1 aliphatic heterocycles. The Labute approximate surface area is 195 Å². The summed E-state index contributed by atoms with van der Waals surface area (Å²) in [6.45, 7) is 9.70. The number of hydrogen-bond acceptors (Lipinski definition) is 7. The van der Waals surface area contributed by atoms with Crippen LogP contribution in [0.4, 0.5) is 0 Å². The van der Waals surface area contributed by atoms with Gasteiger partial charge in [-0.3, -0.25) is 14.9 Å². The molecule has 166 valence electrons. The number of morpholine rings is 1. The van der Waals surface area contributed by atoms with E-state index in [-0.39, 0.29) is 30.1 Å². The summed E-state index contributed by atoms with van der Waals surface area (Å²) in [5, 5.41) is 10.6. The van der Waals surface area contributed by atoms with Crippen molar-refractivity contribution in [3.63, 3.8) is 0 Å². The summed E-state index contributed by atoms with van der Waals surface area (Å²) < 4.78 is 11.2. The molecular formula is C20H32IN7O2. The Morgan fingerprint density at radius 1 is 1.33 bits per heavy atom. The van der Waals surface area contributed by atoms with Crippen LogP contribution in [-0.2, 0) is 11.2 Å². The van der Waals surface area contributed by atoms with Gasteiger partial charge in [0.1, 0.15) is 5.69 Å². The van der Waals surface area contributed by atoms with Gasteiger partial charge in [-0.15, -0.1) is 24.0 Å². The number of nitrogens with one attached hydrogen (secondary N) is 2. The van der Waals surface area contributed by atoms with Crippen LogP contribution in [0.1, 0.15) is 19.7 Å². The molecule has 0 aromatic carbocycles. The van der Waals surface area contributed by atoms with Gasteiger partial charge in [0.15, 0.2) is 11.8 Å². The van der Waals surface area contributed by atoms with E-state index in [1.54, 1.807) is 13.2 Å². The smallest absolute Gasteiger partial charge is 0.276 e. The monoisotopic (exact) mass is 529 g/mol. The molecule has 3 heterocycles. The molecule has 2 aromatic heterocycles. The zero-order valence-corrected chi connectivity index (χ0v) is 20.2. The van der Waals surface area contributed by atoms with E-state index in [1.807, 2.05) is 18.2 Å². The summed E-state index contributed by atoms with van der Waals surface area (Å²) in [5.74, 6) is 2.47. The molecule has 0 aliphatic carbocycles. The van der Waals surface area contributed by atoms with Gasteiger partial charge in [0.25, 0.3) is 5.89 Å². The number of guanidine groups is 1. The lowest BCUT2D eigenvalue weighted by Crippen LogP contribution is -2.50. The zero-order valence-electron chi connectivity index (χ0n) is 17.9. The van der Waals surface area contributed by atoms with Gasteiger partial charge in [0.2, 0.25) is 0 Å². The van der Waals surface area contributed by atoms with Crippen LogP contribution >= 0.6 is 24.0 Å². The Morgan fingerprint density at radius 3 is 2.93 bits per heavy atom. The third-order valence-corrected chi connectivity index (χ3v) is 4.56. The molecule has 1 aliphatic rings. The second kappa shape index (κ2) is 12.8. The quantitative estimate of drug-likeness (QED) is 0.304. The fourth-order valence-electron chi connectivity index (χ4n) is 3.26. The highest BCUT2D eigenvalue weighted by atomic mass is 127. The van der Waals surface area contributed by atoms with Crippen LogP contribution in [-0.4, -0.2) is 78.5 Å². The molecule has 0 bridgehead atoms. The van der Waals surface area contributed by atoms with Gasteiger partial charge in [0.05, 0.1) is 12.7 Å². The van der Waals surface area contributed by atoms with Crippen LogP contribution in [0, 0.1) is 5.92 Å². The molecule has 9 nitrogen and oxygen atoms in total. The van der Waals surface area contributed by atoms with Crippen LogP contribution < -0.4 is 10.6 Å². The number of pyridine rings is 1. The van der Waals surface area contributed by atoms with Crippen LogP contribution in [0.5, 0.6) is 0 Å². The van der Waals surface area contributed by atoms with E-state index in [0.29, 0.717) is 36.3 Å². The molecule has 10 heteroatoms. The number of halogens is 1. The number of hydrogen-bond donors (Lipinski definition) is 2. The highest BCUT2D eigenvalue weighted by Crippen LogP contribution is 2.13. The van der Waals surface area contributed by atoms with Crippen molar-refractivity contribution in [2.75, 3.05) is 46.4 Å². The average Bonchev–Trinajstić information content (AvgIpc) is 3.20. The van der Waals surface area contributed by atoms with E-state index >= 15 is 0 Å². The first-order chi connectivity index (χ1) is 14.1. The number of rotatable bonds is 8. The Hall–Kier alpha value is -1.79. The molecule has 1 unspecified atom stereocenters. The lowest BCUT2D eigenvalue weighted by molar-refractivity contribution is -0.0284. The molecule has 30 heavy (non-hydrogen) atoms. The van der Waals surface area contributed by atoms with Gasteiger partial charge in [-0.1, -0.05) is 25.1 Å². The van der Waals surface area contributed by atoms with Crippen LogP contribution in [0.25, 0.3) is 11.6 Å². The van der Waals surface area contributed by atoms with Crippen LogP contribution in [0.2, 0.25) is 0 Å². The van der Waals surface area contributed by atoms with Crippen molar-refractivity contribution in [1.82, 2.24) is 30.7 Å². The van der Waals surface area contributed by atoms with Crippen LogP contribution in [0.3, 0.4) is 0 Å². The molecule has 1 fully saturated rings. The molecule has 1 saturated heterocycles. The second-order valence-electron chi connectivity index (χ2n) is 7.51. The molecule has 1 atom stereocenters. The summed E-state index contributed by atoms with van der Waals surface area (Å²) in [5.41, 5.74) is 0.677. The predicted molar refractivity (Wildman–Crippen MR) is 127 cm³/mol. The molecule has 2 aromatic rings. The fraction of sp³-hybridized carbons (Fsp3) is 0.600. The maximum atomic E-state index is 5.88. The number of ether oxygens (including phenoxy) is 1. The fourth-order valence-corrected chi connectivity index (χ4v) is 3.26. The lowest BCUT2D eigenvalue weighted by atomic mass is 10.2. The first-order valence-corrected chi connectivity index (χ1v) is 10.2. The number of aromatic nitrogens is 3. The Balaban J connectivity index is 0.00000320. The predicted octanol–water partition coefficient (Wildman–Crippen LogP) is 1.81. The summed E-state index contributed by atoms with van der Waals surface area (Å²) in [4.78, 5) is 15.3. The summed E-state index contributed by atoms with van der Waals surface area (Å²) >= 11 is 0. The standard InChI is InChI=1S/C20H31N7O2.HI/c1-15(2)13-27-10-11-28-16(14-27)12-24-20(21-3)23-9-7-18-25-19(29-26-18)17-6-4-5-8-22-17;/h4-6,8,15-16H,7,9-14H2,1-3H3,(H2,21,23,24);1H. The van der Waals surface area contributed by atoms with Gasteiger partial charge in [-0.05, 0) is 18.1 Å². The van der Waals surface area contributed by atoms with E-state index in [2.05, 4.69) is 49.5 Å². The molecule has 0 saturated carbocycles. The summed E-state index contributed by atoms with van der Waals surface area (Å²) in [6, 6.07) is 5.59. The molecule has 0 amide bonds. The molecular weight excluding hydrogens is 497 g/mol. The largest absolute Gasteiger partial charge is 0.374 e. The molecule has 0 spiro atoms.